The first kappa shape index (κ1) is 19.7. The average molecular weight is 215 g/mol. The van der Waals surface area contributed by atoms with Crippen molar-refractivity contribution in [1.82, 2.24) is 15.0 Å². The van der Waals surface area contributed by atoms with Gasteiger partial charge in [0.1, 0.15) is 0 Å². The number of rotatable bonds is 2. The molecule has 0 aliphatic heterocycles. The highest BCUT2D eigenvalue weighted by atomic mass is 15.4. The largest absolute Gasteiger partial charge is 0.253 e. The summed E-state index contributed by atoms with van der Waals surface area (Å²) in [5.41, 5.74) is 1.07. The fraction of sp³-hybridized carbons (Fsp3) is 0.833. The smallest absolute Gasteiger partial charge is 0.0824 e. The third-order valence-electron chi connectivity index (χ3n) is 1.27. The van der Waals surface area contributed by atoms with E-state index < -0.39 is 0 Å². The first-order valence-electron chi connectivity index (χ1n) is 6.25. The zero-order valence-electron chi connectivity index (χ0n) is 11.8. The molecule has 92 valence electrons. The maximum absolute atomic E-state index is 3.92. The summed E-state index contributed by atoms with van der Waals surface area (Å²) in [7, 11) is 0. The second-order valence-electron chi connectivity index (χ2n) is 1.92. The normalized spacial score (nSPS) is 7.20. The van der Waals surface area contributed by atoms with E-state index in [-0.39, 0.29) is 0 Å². The number of hydrogen-bond donors (Lipinski definition) is 0. The van der Waals surface area contributed by atoms with Crippen molar-refractivity contribution in [2.24, 2.45) is 0 Å². The molecule has 3 heteroatoms. The fourth-order valence-electron chi connectivity index (χ4n) is 0.655. The number of aryl methyl sites for hydroxylation is 2. The molecule has 3 nitrogen and oxygen atoms in total. The fourth-order valence-corrected chi connectivity index (χ4v) is 0.655. The first-order chi connectivity index (χ1) is 7.36. The molecule has 0 aliphatic carbocycles. The standard InChI is InChI=1S/C6H11N3.3C2H6/c1-3-6-5-9(4-2)8-7-6;3*1-2/h5H,3-4H2,1-2H3;3*1-2H3. The lowest BCUT2D eigenvalue weighted by Gasteiger charge is -1.86. The SMILES string of the molecule is CC.CC.CC.CCc1cn(CC)nn1. The minimum Gasteiger partial charge on any atom is -0.253 e. The zero-order valence-corrected chi connectivity index (χ0v) is 11.8. The maximum Gasteiger partial charge on any atom is 0.0824 e. The topological polar surface area (TPSA) is 30.7 Å². The maximum atomic E-state index is 3.92. The summed E-state index contributed by atoms with van der Waals surface area (Å²) in [5, 5.41) is 7.79. The van der Waals surface area contributed by atoms with Crippen molar-refractivity contribution in [3.05, 3.63) is 11.9 Å². The summed E-state index contributed by atoms with van der Waals surface area (Å²) in [5.74, 6) is 0. The van der Waals surface area contributed by atoms with E-state index in [1.54, 1.807) is 0 Å². The van der Waals surface area contributed by atoms with Crippen LogP contribution in [0, 0.1) is 0 Å². The van der Waals surface area contributed by atoms with Crippen molar-refractivity contribution >= 4 is 0 Å². The molecular formula is C12H29N3. The molecule has 0 radical (unpaired) electrons. The van der Waals surface area contributed by atoms with Crippen LogP contribution in [0.3, 0.4) is 0 Å². The van der Waals surface area contributed by atoms with Crippen molar-refractivity contribution in [3.63, 3.8) is 0 Å². The Labute approximate surface area is 95.9 Å². The van der Waals surface area contributed by atoms with Crippen LogP contribution in [-0.2, 0) is 13.0 Å². The highest BCUT2D eigenvalue weighted by molar-refractivity contribution is 4.90. The molecule has 1 aromatic heterocycles. The summed E-state index contributed by atoms with van der Waals surface area (Å²) >= 11 is 0. The van der Waals surface area contributed by atoms with Gasteiger partial charge in [0.2, 0.25) is 0 Å². The highest BCUT2D eigenvalue weighted by Crippen LogP contribution is 1.91. The van der Waals surface area contributed by atoms with E-state index in [4.69, 9.17) is 0 Å². The van der Waals surface area contributed by atoms with Gasteiger partial charge in [0.15, 0.2) is 0 Å². The van der Waals surface area contributed by atoms with E-state index in [2.05, 4.69) is 17.2 Å². The Morgan fingerprint density at radius 2 is 1.47 bits per heavy atom. The summed E-state index contributed by atoms with van der Waals surface area (Å²) in [4.78, 5) is 0. The van der Waals surface area contributed by atoms with Crippen molar-refractivity contribution in [1.29, 1.82) is 0 Å². The van der Waals surface area contributed by atoms with Gasteiger partial charge >= 0.3 is 0 Å². The van der Waals surface area contributed by atoms with E-state index in [9.17, 15) is 0 Å². The molecule has 0 saturated heterocycles. The molecule has 0 bridgehead atoms. The van der Waals surface area contributed by atoms with E-state index >= 15 is 0 Å². The van der Waals surface area contributed by atoms with Gasteiger partial charge in [0.25, 0.3) is 0 Å². The first-order valence-corrected chi connectivity index (χ1v) is 6.25. The second-order valence-corrected chi connectivity index (χ2v) is 1.92. The van der Waals surface area contributed by atoms with Crippen LogP contribution in [0.1, 0.15) is 61.1 Å². The molecule has 0 amide bonds. The van der Waals surface area contributed by atoms with Crippen LogP contribution in [0.2, 0.25) is 0 Å². The molecule has 0 saturated carbocycles. The minimum atomic E-state index is 0.910. The Bertz CT molecular complexity index is 164. The van der Waals surface area contributed by atoms with E-state index in [1.165, 1.54) is 0 Å². The third-order valence-corrected chi connectivity index (χ3v) is 1.27. The number of hydrogen-bond acceptors (Lipinski definition) is 2. The minimum absolute atomic E-state index is 0.910. The van der Waals surface area contributed by atoms with Gasteiger partial charge < -0.3 is 0 Å². The predicted molar refractivity (Wildman–Crippen MR) is 69.1 cm³/mol. The van der Waals surface area contributed by atoms with Gasteiger partial charge in [-0.25, -0.2) is 0 Å². The Hall–Kier alpha value is -0.860. The molecule has 1 heterocycles. The van der Waals surface area contributed by atoms with E-state index in [0.717, 1.165) is 18.7 Å². The Morgan fingerprint density at radius 3 is 1.67 bits per heavy atom. The van der Waals surface area contributed by atoms with Crippen LogP contribution >= 0.6 is 0 Å². The van der Waals surface area contributed by atoms with Crippen LogP contribution in [0.5, 0.6) is 0 Å². The average Bonchev–Trinajstić information content (AvgIpc) is 2.84. The predicted octanol–water partition coefficient (Wildman–Crippen LogP) is 3.94. The summed E-state index contributed by atoms with van der Waals surface area (Å²) in [6.07, 6.45) is 2.94. The number of aromatic nitrogens is 3. The molecule has 0 N–H and O–H groups in total. The lowest BCUT2D eigenvalue weighted by atomic mass is 10.4. The quantitative estimate of drug-likeness (QED) is 0.748. The van der Waals surface area contributed by atoms with Crippen LogP contribution in [0.15, 0.2) is 6.20 Å². The monoisotopic (exact) mass is 215 g/mol. The van der Waals surface area contributed by atoms with Crippen molar-refractivity contribution in [2.45, 2.75) is 68.4 Å². The molecular weight excluding hydrogens is 186 g/mol. The van der Waals surface area contributed by atoms with Gasteiger partial charge in [0.05, 0.1) is 5.69 Å². The summed E-state index contributed by atoms with van der Waals surface area (Å²) in [6, 6.07) is 0. The number of nitrogens with zero attached hydrogens (tertiary/aromatic N) is 3. The molecule has 1 aromatic rings. The lowest BCUT2D eigenvalue weighted by molar-refractivity contribution is 0.626. The van der Waals surface area contributed by atoms with Crippen molar-refractivity contribution < 1.29 is 0 Å². The second kappa shape index (κ2) is 18.8. The van der Waals surface area contributed by atoms with Gasteiger partial charge in [0, 0.05) is 12.7 Å². The van der Waals surface area contributed by atoms with Gasteiger partial charge in [-0.15, -0.1) is 5.10 Å². The Morgan fingerprint density at radius 1 is 1.00 bits per heavy atom. The van der Waals surface area contributed by atoms with Crippen LogP contribution in [0.25, 0.3) is 0 Å². The van der Waals surface area contributed by atoms with Gasteiger partial charge in [-0.2, -0.15) is 0 Å². The van der Waals surface area contributed by atoms with E-state index in [0.29, 0.717) is 0 Å². The molecule has 0 fully saturated rings. The van der Waals surface area contributed by atoms with Crippen LogP contribution < -0.4 is 0 Å². The van der Waals surface area contributed by atoms with E-state index in [1.807, 2.05) is 59.3 Å². The Kier molecular flexibility index (Phi) is 24.7. The summed E-state index contributed by atoms with van der Waals surface area (Å²) < 4.78 is 1.83. The van der Waals surface area contributed by atoms with Gasteiger partial charge in [-0.3, -0.25) is 4.68 Å². The van der Waals surface area contributed by atoms with Gasteiger partial charge in [-0.05, 0) is 13.3 Å². The van der Waals surface area contributed by atoms with Gasteiger partial charge in [-0.1, -0.05) is 53.7 Å². The van der Waals surface area contributed by atoms with Crippen molar-refractivity contribution in [3.8, 4) is 0 Å². The Balaban J connectivity index is -0.000000208. The molecule has 0 aromatic carbocycles. The molecule has 0 atom stereocenters. The lowest BCUT2D eigenvalue weighted by Crippen LogP contribution is -1.93. The third kappa shape index (κ3) is 11.1. The summed E-state index contributed by atoms with van der Waals surface area (Å²) in [6.45, 7) is 17.0. The molecule has 0 aliphatic rings. The molecule has 0 unspecified atom stereocenters. The van der Waals surface area contributed by atoms with Crippen molar-refractivity contribution in [2.75, 3.05) is 0 Å². The molecule has 1 rings (SSSR count). The molecule has 15 heavy (non-hydrogen) atoms. The van der Waals surface area contributed by atoms with Crippen LogP contribution in [-0.4, -0.2) is 15.0 Å². The molecule has 0 spiro atoms. The zero-order chi connectivity index (χ0) is 12.7. The van der Waals surface area contributed by atoms with Crippen LogP contribution in [0.4, 0.5) is 0 Å². The highest BCUT2D eigenvalue weighted by Gasteiger charge is 1.92.